The van der Waals surface area contributed by atoms with Crippen molar-refractivity contribution in [1.29, 1.82) is 0 Å². The zero-order valence-corrected chi connectivity index (χ0v) is 16.7. The van der Waals surface area contributed by atoms with E-state index < -0.39 is 0 Å². The molecule has 0 aliphatic rings. The summed E-state index contributed by atoms with van der Waals surface area (Å²) >= 11 is 1.34. The van der Waals surface area contributed by atoms with Crippen LogP contribution in [0, 0.1) is 0 Å². The summed E-state index contributed by atoms with van der Waals surface area (Å²) in [5, 5.41) is 1.82. The van der Waals surface area contributed by atoms with Gasteiger partial charge in [0.25, 0.3) is 5.56 Å². The van der Waals surface area contributed by atoms with Gasteiger partial charge in [0.1, 0.15) is 10.5 Å². The van der Waals surface area contributed by atoms with Crippen molar-refractivity contribution in [2.75, 3.05) is 20.8 Å². The van der Waals surface area contributed by atoms with Crippen LogP contribution in [0.4, 0.5) is 0 Å². The number of hydrogen-bond donors (Lipinski definition) is 1. The first-order chi connectivity index (χ1) is 13.5. The van der Waals surface area contributed by atoms with Gasteiger partial charge in [-0.3, -0.25) is 9.59 Å². The maximum atomic E-state index is 12.4. The molecule has 3 aromatic rings. The number of fused-ring (bicyclic) bond motifs is 1. The Labute approximate surface area is 166 Å². The summed E-state index contributed by atoms with van der Waals surface area (Å²) in [7, 11) is 3.23. The zero-order valence-electron chi connectivity index (χ0n) is 15.9. The van der Waals surface area contributed by atoms with Crippen LogP contribution in [0.1, 0.15) is 18.3 Å². The van der Waals surface area contributed by atoms with Crippen LogP contribution in [0.15, 0.2) is 40.5 Å². The predicted octanol–water partition coefficient (Wildman–Crippen LogP) is 3.06. The van der Waals surface area contributed by atoms with Gasteiger partial charge >= 0.3 is 0 Å². The number of ether oxygens (including phenoxy) is 2. The molecule has 0 saturated heterocycles. The molecule has 0 aliphatic heterocycles. The second-order valence-electron chi connectivity index (χ2n) is 6.02. The van der Waals surface area contributed by atoms with Gasteiger partial charge in [-0.1, -0.05) is 6.07 Å². The summed E-state index contributed by atoms with van der Waals surface area (Å²) in [4.78, 5) is 33.0. The van der Waals surface area contributed by atoms with Crippen LogP contribution in [0.3, 0.4) is 0 Å². The van der Waals surface area contributed by atoms with Crippen molar-refractivity contribution in [3.05, 3.63) is 57.5 Å². The van der Waals surface area contributed by atoms with Crippen molar-refractivity contribution in [1.82, 2.24) is 14.9 Å². The highest BCUT2D eigenvalue weighted by Gasteiger charge is 2.11. The average molecular weight is 399 g/mol. The van der Waals surface area contributed by atoms with E-state index in [4.69, 9.17) is 9.47 Å². The van der Waals surface area contributed by atoms with E-state index in [2.05, 4.69) is 9.97 Å². The number of H-pyrrole nitrogens is 1. The van der Waals surface area contributed by atoms with Crippen LogP contribution < -0.4 is 15.0 Å². The summed E-state index contributed by atoms with van der Waals surface area (Å²) < 4.78 is 11.4. The number of nitrogens with zero attached hydrogens (tertiary/aromatic N) is 2. The van der Waals surface area contributed by atoms with Crippen molar-refractivity contribution in [2.45, 2.75) is 13.5 Å². The van der Waals surface area contributed by atoms with Crippen molar-refractivity contribution in [3.8, 4) is 11.5 Å². The number of aromatic amines is 1. The third kappa shape index (κ3) is 4.40. The maximum absolute atomic E-state index is 12.4. The predicted molar refractivity (Wildman–Crippen MR) is 110 cm³/mol. The lowest BCUT2D eigenvalue weighted by Gasteiger charge is -2.14. The lowest BCUT2D eigenvalue weighted by molar-refractivity contribution is -0.125. The number of nitrogens with one attached hydrogen (secondary N) is 1. The summed E-state index contributed by atoms with van der Waals surface area (Å²) in [6, 6.07) is 7.25. The molecule has 28 heavy (non-hydrogen) atoms. The van der Waals surface area contributed by atoms with E-state index in [1.807, 2.05) is 18.4 Å². The van der Waals surface area contributed by atoms with E-state index in [1.54, 1.807) is 38.4 Å². The van der Waals surface area contributed by atoms with Gasteiger partial charge in [-0.15, -0.1) is 11.3 Å². The fraction of sp³-hybridized carbons (Fsp3) is 0.250. The Kier molecular flexibility index (Phi) is 6.10. The SMILES string of the molecule is CCOc1ccc(/C=C/C(=O)N(C)Cc2nc3ccsc3c(=O)[nH]2)cc1OC. The molecule has 3 rings (SSSR count). The quantitative estimate of drug-likeness (QED) is 0.617. The number of hydrogen-bond acceptors (Lipinski definition) is 6. The van der Waals surface area contributed by atoms with Crippen LogP contribution in [0.2, 0.25) is 0 Å². The zero-order chi connectivity index (χ0) is 20.1. The molecule has 1 amide bonds. The Morgan fingerprint density at radius 3 is 2.89 bits per heavy atom. The molecule has 0 aliphatic carbocycles. The molecule has 8 heteroatoms. The molecule has 0 unspecified atom stereocenters. The molecule has 0 fully saturated rings. The van der Waals surface area contributed by atoms with Crippen molar-refractivity contribution >= 4 is 33.5 Å². The van der Waals surface area contributed by atoms with E-state index >= 15 is 0 Å². The standard InChI is InChI=1S/C20H21N3O4S/c1-4-27-15-7-5-13(11-16(15)26-3)6-8-18(24)23(2)12-17-21-14-9-10-28-19(14)20(25)22-17/h5-11H,4,12H2,1-3H3,(H,21,22,25)/b8-6+. The summed E-state index contributed by atoms with van der Waals surface area (Å²) in [5.74, 6) is 1.50. The fourth-order valence-corrected chi connectivity index (χ4v) is 3.38. The Morgan fingerprint density at radius 1 is 1.32 bits per heavy atom. The average Bonchev–Trinajstić information content (AvgIpc) is 3.16. The van der Waals surface area contributed by atoms with Gasteiger partial charge in [-0.2, -0.15) is 0 Å². The lowest BCUT2D eigenvalue weighted by atomic mass is 10.2. The minimum absolute atomic E-state index is 0.187. The number of aromatic nitrogens is 2. The highest BCUT2D eigenvalue weighted by Crippen LogP contribution is 2.28. The molecule has 146 valence electrons. The van der Waals surface area contributed by atoms with Gasteiger partial charge in [0.2, 0.25) is 5.91 Å². The largest absolute Gasteiger partial charge is 0.493 e. The second-order valence-corrected chi connectivity index (χ2v) is 6.93. The minimum atomic E-state index is -0.207. The monoisotopic (exact) mass is 399 g/mol. The molecular formula is C20H21N3O4S. The van der Waals surface area contributed by atoms with Gasteiger partial charge in [-0.25, -0.2) is 4.98 Å². The normalized spacial score (nSPS) is 11.1. The molecule has 2 aromatic heterocycles. The summed E-state index contributed by atoms with van der Waals surface area (Å²) in [5.41, 5.74) is 1.27. The molecule has 0 bridgehead atoms. The molecular weight excluding hydrogens is 378 g/mol. The Bertz CT molecular complexity index is 1070. The minimum Gasteiger partial charge on any atom is -0.493 e. The van der Waals surface area contributed by atoms with Crippen LogP contribution in [0.5, 0.6) is 11.5 Å². The number of amides is 1. The highest BCUT2D eigenvalue weighted by atomic mass is 32.1. The lowest BCUT2D eigenvalue weighted by Crippen LogP contribution is -2.26. The van der Waals surface area contributed by atoms with E-state index in [0.29, 0.717) is 34.1 Å². The molecule has 1 N–H and O–H groups in total. The van der Waals surface area contributed by atoms with Crippen LogP contribution in [0.25, 0.3) is 16.3 Å². The topological polar surface area (TPSA) is 84.5 Å². The fourth-order valence-electron chi connectivity index (χ4n) is 2.66. The molecule has 2 heterocycles. The van der Waals surface area contributed by atoms with Gasteiger partial charge in [0, 0.05) is 13.1 Å². The van der Waals surface area contributed by atoms with Crippen molar-refractivity contribution in [3.63, 3.8) is 0 Å². The smallest absolute Gasteiger partial charge is 0.268 e. The molecule has 0 spiro atoms. The number of rotatable bonds is 7. The highest BCUT2D eigenvalue weighted by molar-refractivity contribution is 7.17. The number of methoxy groups -OCH3 is 1. The second kappa shape index (κ2) is 8.71. The van der Waals surface area contributed by atoms with Crippen LogP contribution >= 0.6 is 11.3 Å². The summed E-state index contributed by atoms with van der Waals surface area (Å²) in [6.07, 6.45) is 3.17. The Morgan fingerprint density at radius 2 is 2.14 bits per heavy atom. The maximum Gasteiger partial charge on any atom is 0.268 e. The van der Waals surface area contributed by atoms with E-state index in [1.165, 1.54) is 22.3 Å². The molecule has 0 atom stereocenters. The first-order valence-corrected chi connectivity index (χ1v) is 9.60. The molecule has 7 nitrogen and oxygen atoms in total. The van der Waals surface area contributed by atoms with Crippen molar-refractivity contribution in [2.24, 2.45) is 0 Å². The van der Waals surface area contributed by atoms with E-state index in [0.717, 1.165) is 5.56 Å². The number of carbonyl (C=O) groups is 1. The number of benzene rings is 1. The Balaban J connectivity index is 1.70. The third-order valence-electron chi connectivity index (χ3n) is 4.03. The number of likely N-dealkylation sites (N-methyl/N-ethyl adjacent to an activating group) is 1. The van der Waals surface area contributed by atoms with Crippen molar-refractivity contribution < 1.29 is 14.3 Å². The van der Waals surface area contributed by atoms with Gasteiger partial charge in [-0.05, 0) is 42.1 Å². The van der Waals surface area contributed by atoms with Crippen LogP contribution in [-0.4, -0.2) is 41.5 Å². The van der Waals surface area contributed by atoms with E-state index in [-0.39, 0.29) is 18.0 Å². The first kappa shape index (κ1) is 19.6. The number of thiophene rings is 1. The van der Waals surface area contributed by atoms with Gasteiger partial charge in [0.15, 0.2) is 11.5 Å². The first-order valence-electron chi connectivity index (χ1n) is 8.72. The molecule has 1 aromatic carbocycles. The summed E-state index contributed by atoms with van der Waals surface area (Å²) in [6.45, 7) is 2.65. The third-order valence-corrected chi connectivity index (χ3v) is 4.94. The number of carbonyl (C=O) groups excluding carboxylic acids is 1. The van der Waals surface area contributed by atoms with E-state index in [9.17, 15) is 9.59 Å². The molecule has 0 saturated carbocycles. The van der Waals surface area contributed by atoms with Gasteiger partial charge < -0.3 is 19.4 Å². The van der Waals surface area contributed by atoms with Gasteiger partial charge in [0.05, 0.1) is 25.8 Å². The van der Waals surface area contributed by atoms with Crippen LogP contribution in [-0.2, 0) is 11.3 Å². The molecule has 0 radical (unpaired) electrons. The Hall–Kier alpha value is -3.13.